The van der Waals surface area contributed by atoms with Crippen LogP contribution < -0.4 is 5.32 Å². The van der Waals surface area contributed by atoms with Crippen molar-refractivity contribution in [2.24, 2.45) is 5.92 Å². The molecule has 0 aromatic rings. The first kappa shape index (κ1) is 11.8. The fraction of sp³-hybridized carbons (Fsp3) is 0.462. The average Bonchev–Trinajstić information content (AvgIpc) is 2.60. The first-order chi connectivity index (χ1) is 7.10. The summed E-state index contributed by atoms with van der Waals surface area (Å²) in [6.07, 6.45) is 6.59. The Kier molecular flexibility index (Phi) is 3.89. The molecule has 0 saturated heterocycles. The van der Waals surface area contributed by atoms with Crippen LogP contribution in [0.5, 0.6) is 0 Å². The van der Waals surface area contributed by atoms with E-state index in [-0.39, 0.29) is 17.7 Å². The molecule has 0 saturated carbocycles. The summed E-state index contributed by atoms with van der Waals surface area (Å²) in [5.74, 6) is 0.354. The largest absolute Gasteiger partial charge is 0.375 e. The molecule has 1 unspecified atom stereocenters. The van der Waals surface area contributed by atoms with Crippen molar-refractivity contribution in [1.82, 2.24) is 5.32 Å². The van der Waals surface area contributed by atoms with E-state index in [1.807, 2.05) is 32.9 Å². The van der Waals surface area contributed by atoms with E-state index in [0.29, 0.717) is 0 Å². The van der Waals surface area contributed by atoms with Gasteiger partial charge in [-0.25, -0.2) is 0 Å². The van der Waals surface area contributed by atoms with E-state index in [2.05, 4.69) is 11.9 Å². The molecule has 1 aliphatic rings. The minimum atomic E-state index is -0.0656. The highest BCUT2D eigenvalue weighted by atomic mass is 16.1. The van der Waals surface area contributed by atoms with E-state index in [4.69, 9.17) is 0 Å². The molecule has 2 nitrogen and oxygen atoms in total. The van der Waals surface area contributed by atoms with Crippen molar-refractivity contribution in [3.63, 3.8) is 0 Å². The highest BCUT2D eigenvalue weighted by molar-refractivity contribution is 5.87. The van der Waals surface area contributed by atoms with Gasteiger partial charge in [-0.05, 0) is 18.6 Å². The molecule has 0 bridgehead atoms. The lowest BCUT2D eigenvalue weighted by Gasteiger charge is -2.13. The highest BCUT2D eigenvalue weighted by Crippen LogP contribution is 2.22. The molecular weight excluding hydrogens is 186 g/mol. The van der Waals surface area contributed by atoms with Crippen LogP contribution in [-0.4, -0.2) is 11.8 Å². The Morgan fingerprint density at radius 2 is 2.27 bits per heavy atom. The molecule has 0 aliphatic carbocycles. The van der Waals surface area contributed by atoms with Crippen LogP contribution in [0.2, 0.25) is 0 Å². The number of carbonyl (C=O) groups excluding carboxylic acids is 1. The maximum absolute atomic E-state index is 11.8. The maximum Gasteiger partial charge on any atom is 0.157 e. The Morgan fingerprint density at radius 3 is 2.73 bits per heavy atom. The number of hydrogen-bond acceptors (Lipinski definition) is 2. The Balaban J connectivity index is 2.77. The van der Waals surface area contributed by atoms with Crippen LogP contribution in [0.4, 0.5) is 0 Å². The molecule has 0 amide bonds. The van der Waals surface area contributed by atoms with Gasteiger partial charge in [-0.2, -0.15) is 0 Å². The molecule has 1 rings (SSSR count). The smallest absolute Gasteiger partial charge is 0.157 e. The molecule has 1 heterocycles. The average molecular weight is 205 g/mol. The van der Waals surface area contributed by atoms with E-state index in [9.17, 15) is 4.79 Å². The third-order valence-electron chi connectivity index (χ3n) is 2.58. The van der Waals surface area contributed by atoms with E-state index >= 15 is 0 Å². The number of Topliss-reactive ketones (excluding diaryl/α,β-unsaturated/α-hetero) is 1. The first-order valence-electron chi connectivity index (χ1n) is 5.38. The minimum Gasteiger partial charge on any atom is -0.375 e. The Labute approximate surface area is 91.8 Å². The number of nitrogens with one attached hydrogen (secondary N) is 1. The van der Waals surface area contributed by atoms with Crippen molar-refractivity contribution in [1.29, 1.82) is 0 Å². The number of ketones is 1. The van der Waals surface area contributed by atoms with Crippen molar-refractivity contribution in [2.75, 3.05) is 0 Å². The van der Waals surface area contributed by atoms with Crippen LogP contribution in [0.1, 0.15) is 27.2 Å². The summed E-state index contributed by atoms with van der Waals surface area (Å²) >= 11 is 0. The normalized spacial score (nSPS) is 21.2. The lowest BCUT2D eigenvalue weighted by Crippen LogP contribution is -2.34. The molecule has 0 aromatic heterocycles. The standard InChI is InChI=1S/C13H19NO/c1-5-7-10-8-12(13(15)9(3)4)14-11(10)6-2/h5-7,9,12,14H,2,8H2,1,3-4H3/b7-5-. The molecule has 0 radical (unpaired) electrons. The number of rotatable bonds is 4. The van der Waals surface area contributed by atoms with Gasteiger partial charge in [0, 0.05) is 18.0 Å². The third kappa shape index (κ3) is 2.58. The van der Waals surface area contributed by atoms with Crippen LogP contribution >= 0.6 is 0 Å². The summed E-state index contributed by atoms with van der Waals surface area (Å²) in [7, 11) is 0. The molecule has 1 aliphatic heterocycles. The second-order valence-electron chi connectivity index (χ2n) is 4.10. The predicted molar refractivity (Wildman–Crippen MR) is 63.4 cm³/mol. The quantitative estimate of drug-likeness (QED) is 0.764. The van der Waals surface area contributed by atoms with Gasteiger partial charge in [0.15, 0.2) is 5.78 Å². The predicted octanol–water partition coefficient (Wildman–Crippen LogP) is 2.59. The van der Waals surface area contributed by atoms with Crippen molar-refractivity contribution < 1.29 is 4.79 Å². The minimum absolute atomic E-state index is 0.0656. The van der Waals surface area contributed by atoms with Gasteiger partial charge >= 0.3 is 0 Å². The summed E-state index contributed by atoms with van der Waals surface area (Å²) in [6, 6.07) is -0.0656. The highest BCUT2D eigenvalue weighted by Gasteiger charge is 2.27. The summed E-state index contributed by atoms with van der Waals surface area (Å²) in [5.41, 5.74) is 2.17. The molecule has 15 heavy (non-hydrogen) atoms. The van der Waals surface area contributed by atoms with Gasteiger partial charge in [-0.1, -0.05) is 32.6 Å². The lowest BCUT2D eigenvalue weighted by atomic mass is 9.98. The second kappa shape index (κ2) is 4.96. The number of carbonyl (C=O) groups is 1. The van der Waals surface area contributed by atoms with Crippen LogP contribution in [-0.2, 0) is 4.79 Å². The zero-order chi connectivity index (χ0) is 11.4. The summed E-state index contributed by atoms with van der Waals surface area (Å²) in [6.45, 7) is 9.60. The SMILES string of the molecule is C=CC1=C(/C=C\C)CC(C(=O)C(C)C)N1. The van der Waals surface area contributed by atoms with Gasteiger partial charge in [0.1, 0.15) is 0 Å². The van der Waals surface area contributed by atoms with E-state index < -0.39 is 0 Å². The molecule has 1 N–H and O–H groups in total. The monoisotopic (exact) mass is 205 g/mol. The Hall–Kier alpha value is -1.31. The lowest BCUT2D eigenvalue weighted by molar-refractivity contribution is -0.123. The zero-order valence-corrected chi connectivity index (χ0v) is 9.71. The second-order valence-corrected chi connectivity index (χ2v) is 4.10. The van der Waals surface area contributed by atoms with Crippen molar-refractivity contribution in [3.8, 4) is 0 Å². The van der Waals surface area contributed by atoms with Gasteiger partial charge in [-0.3, -0.25) is 4.79 Å². The number of allylic oxidation sites excluding steroid dienone is 3. The molecule has 0 aromatic carbocycles. The fourth-order valence-corrected chi connectivity index (χ4v) is 1.78. The molecule has 2 heteroatoms. The van der Waals surface area contributed by atoms with Crippen molar-refractivity contribution in [2.45, 2.75) is 33.2 Å². The summed E-state index contributed by atoms with van der Waals surface area (Å²) in [5, 5.41) is 3.22. The van der Waals surface area contributed by atoms with E-state index in [1.54, 1.807) is 6.08 Å². The molecule has 1 atom stereocenters. The van der Waals surface area contributed by atoms with Gasteiger partial charge in [0.05, 0.1) is 6.04 Å². The first-order valence-corrected chi connectivity index (χ1v) is 5.38. The fourth-order valence-electron chi connectivity index (χ4n) is 1.78. The van der Waals surface area contributed by atoms with Crippen LogP contribution in [0.15, 0.2) is 36.1 Å². The van der Waals surface area contributed by atoms with Crippen molar-refractivity contribution in [3.05, 3.63) is 36.1 Å². The van der Waals surface area contributed by atoms with E-state index in [1.165, 1.54) is 5.57 Å². The van der Waals surface area contributed by atoms with Gasteiger partial charge in [0.25, 0.3) is 0 Å². The molecule has 82 valence electrons. The van der Waals surface area contributed by atoms with Crippen LogP contribution in [0.3, 0.4) is 0 Å². The maximum atomic E-state index is 11.8. The number of hydrogen-bond donors (Lipinski definition) is 1. The van der Waals surface area contributed by atoms with Gasteiger partial charge in [-0.15, -0.1) is 0 Å². The summed E-state index contributed by atoms with van der Waals surface area (Å²) in [4.78, 5) is 11.8. The summed E-state index contributed by atoms with van der Waals surface area (Å²) < 4.78 is 0. The van der Waals surface area contributed by atoms with E-state index in [0.717, 1.165) is 12.1 Å². The molecule has 0 spiro atoms. The van der Waals surface area contributed by atoms with Crippen LogP contribution in [0, 0.1) is 5.92 Å². The molecule has 0 fully saturated rings. The van der Waals surface area contributed by atoms with Crippen LogP contribution in [0.25, 0.3) is 0 Å². The Bertz CT molecular complexity index is 323. The third-order valence-corrected chi connectivity index (χ3v) is 2.58. The topological polar surface area (TPSA) is 29.1 Å². The van der Waals surface area contributed by atoms with Gasteiger partial charge in [0.2, 0.25) is 0 Å². The molecular formula is C13H19NO. The Morgan fingerprint density at radius 1 is 1.60 bits per heavy atom. The van der Waals surface area contributed by atoms with Gasteiger partial charge < -0.3 is 5.32 Å². The zero-order valence-electron chi connectivity index (χ0n) is 9.71. The van der Waals surface area contributed by atoms with Crippen molar-refractivity contribution >= 4 is 5.78 Å².